The minimum atomic E-state index is 0.803. The Labute approximate surface area is 95.3 Å². The van der Waals surface area contributed by atoms with E-state index in [0.29, 0.717) is 0 Å². The highest BCUT2D eigenvalue weighted by Crippen LogP contribution is 2.13. The van der Waals surface area contributed by atoms with Gasteiger partial charge in [-0.25, -0.2) is 4.98 Å². The second kappa shape index (κ2) is 4.39. The van der Waals surface area contributed by atoms with Crippen molar-refractivity contribution in [3.8, 4) is 0 Å². The summed E-state index contributed by atoms with van der Waals surface area (Å²) < 4.78 is 5.52. The second-order valence-corrected chi connectivity index (χ2v) is 3.99. The van der Waals surface area contributed by atoms with Gasteiger partial charge in [0.05, 0.1) is 5.69 Å². The Bertz CT molecular complexity index is 469. The van der Waals surface area contributed by atoms with E-state index in [2.05, 4.69) is 11.1 Å². The van der Waals surface area contributed by atoms with Gasteiger partial charge in [-0.1, -0.05) is 12.1 Å². The molecule has 0 aliphatic rings. The molecule has 2 rings (SSSR count). The number of nitrogens with zero attached hydrogens (tertiary/aromatic N) is 1. The number of nitrogen functional groups attached to an aromatic ring is 1. The number of hydrogen-bond donors (Lipinski definition) is 1. The predicted octanol–water partition coefficient (Wildman–Crippen LogP) is 2.66. The maximum absolute atomic E-state index is 5.72. The molecule has 0 bridgehead atoms. The third-order valence-corrected chi connectivity index (χ3v) is 2.65. The Morgan fingerprint density at radius 3 is 2.69 bits per heavy atom. The SMILES string of the molecule is Cc1nc(CCc2cccc(N)c2)oc1C. The third kappa shape index (κ3) is 2.42. The Kier molecular flexibility index (Phi) is 2.95. The smallest absolute Gasteiger partial charge is 0.194 e. The van der Waals surface area contributed by atoms with Gasteiger partial charge in [-0.15, -0.1) is 0 Å². The van der Waals surface area contributed by atoms with E-state index >= 15 is 0 Å². The number of aromatic nitrogens is 1. The fraction of sp³-hybridized carbons (Fsp3) is 0.308. The largest absolute Gasteiger partial charge is 0.446 e. The van der Waals surface area contributed by atoms with Crippen molar-refractivity contribution in [2.75, 3.05) is 5.73 Å². The lowest BCUT2D eigenvalue weighted by atomic mass is 10.1. The average molecular weight is 216 g/mol. The van der Waals surface area contributed by atoms with E-state index in [1.54, 1.807) is 0 Å². The molecule has 1 heterocycles. The van der Waals surface area contributed by atoms with Gasteiger partial charge in [0.1, 0.15) is 5.76 Å². The summed E-state index contributed by atoms with van der Waals surface area (Å²) in [5.74, 6) is 1.71. The monoisotopic (exact) mass is 216 g/mol. The number of aryl methyl sites for hydroxylation is 4. The average Bonchev–Trinajstić information content (AvgIpc) is 2.56. The second-order valence-electron chi connectivity index (χ2n) is 3.99. The summed E-state index contributed by atoms with van der Waals surface area (Å²) in [7, 11) is 0. The van der Waals surface area contributed by atoms with Crippen LogP contribution in [0.3, 0.4) is 0 Å². The van der Waals surface area contributed by atoms with Crippen LogP contribution < -0.4 is 5.73 Å². The number of benzene rings is 1. The lowest BCUT2D eigenvalue weighted by Gasteiger charge is -1.99. The van der Waals surface area contributed by atoms with Gasteiger partial charge in [-0.3, -0.25) is 0 Å². The van der Waals surface area contributed by atoms with Crippen molar-refractivity contribution < 1.29 is 4.42 Å². The standard InChI is InChI=1S/C13H16N2O/c1-9-10(2)16-13(15-9)7-6-11-4-3-5-12(14)8-11/h3-5,8H,6-7,14H2,1-2H3. The fourth-order valence-electron chi connectivity index (χ4n) is 1.65. The van der Waals surface area contributed by atoms with Gasteiger partial charge in [0.25, 0.3) is 0 Å². The minimum Gasteiger partial charge on any atom is -0.446 e. The van der Waals surface area contributed by atoms with Crippen LogP contribution in [0, 0.1) is 13.8 Å². The van der Waals surface area contributed by atoms with Crippen molar-refractivity contribution in [3.63, 3.8) is 0 Å². The summed E-state index contributed by atoms with van der Waals surface area (Å²) in [6.07, 6.45) is 1.72. The fourth-order valence-corrected chi connectivity index (χ4v) is 1.65. The van der Waals surface area contributed by atoms with E-state index < -0.39 is 0 Å². The van der Waals surface area contributed by atoms with Gasteiger partial charge in [-0.05, 0) is 38.0 Å². The van der Waals surface area contributed by atoms with Gasteiger partial charge in [0.15, 0.2) is 5.89 Å². The van der Waals surface area contributed by atoms with Crippen LogP contribution in [-0.4, -0.2) is 4.98 Å². The Morgan fingerprint density at radius 2 is 2.06 bits per heavy atom. The Balaban J connectivity index is 2.02. The third-order valence-electron chi connectivity index (χ3n) is 2.65. The summed E-state index contributed by atoms with van der Waals surface area (Å²) in [6, 6.07) is 7.92. The summed E-state index contributed by atoms with van der Waals surface area (Å²) in [5.41, 5.74) is 8.71. The Hall–Kier alpha value is -1.77. The number of oxazole rings is 1. The molecule has 0 aliphatic carbocycles. The van der Waals surface area contributed by atoms with E-state index in [0.717, 1.165) is 35.9 Å². The zero-order valence-corrected chi connectivity index (χ0v) is 9.66. The number of nitrogens with two attached hydrogens (primary N) is 1. The van der Waals surface area contributed by atoms with Crippen molar-refractivity contribution in [1.82, 2.24) is 4.98 Å². The molecule has 0 unspecified atom stereocenters. The molecule has 0 saturated heterocycles. The molecule has 0 amide bonds. The van der Waals surface area contributed by atoms with E-state index in [4.69, 9.17) is 10.2 Å². The van der Waals surface area contributed by atoms with Crippen molar-refractivity contribution in [3.05, 3.63) is 47.2 Å². The van der Waals surface area contributed by atoms with Crippen LogP contribution in [0.5, 0.6) is 0 Å². The normalized spacial score (nSPS) is 10.6. The van der Waals surface area contributed by atoms with Crippen LogP contribution in [0.4, 0.5) is 5.69 Å². The summed E-state index contributed by atoms with van der Waals surface area (Å²) in [4.78, 5) is 4.35. The number of anilines is 1. The molecule has 84 valence electrons. The van der Waals surface area contributed by atoms with Crippen molar-refractivity contribution in [2.24, 2.45) is 0 Å². The summed E-state index contributed by atoms with van der Waals surface area (Å²) in [6.45, 7) is 3.90. The lowest BCUT2D eigenvalue weighted by Crippen LogP contribution is -1.93. The molecule has 3 heteroatoms. The number of rotatable bonds is 3. The van der Waals surface area contributed by atoms with E-state index in [1.165, 1.54) is 5.56 Å². The molecule has 1 aromatic heterocycles. The van der Waals surface area contributed by atoms with Crippen LogP contribution in [-0.2, 0) is 12.8 Å². The van der Waals surface area contributed by atoms with Crippen LogP contribution in [0.25, 0.3) is 0 Å². The van der Waals surface area contributed by atoms with Crippen LogP contribution in [0.15, 0.2) is 28.7 Å². The molecule has 0 atom stereocenters. The highest BCUT2D eigenvalue weighted by Gasteiger charge is 2.05. The molecule has 0 radical (unpaired) electrons. The first kappa shape index (κ1) is 10.7. The predicted molar refractivity (Wildman–Crippen MR) is 64.2 cm³/mol. The van der Waals surface area contributed by atoms with Gasteiger partial charge in [0, 0.05) is 12.1 Å². The maximum atomic E-state index is 5.72. The zero-order chi connectivity index (χ0) is 11.5. The quantitative estimate of drug-likeness (QED) is 0.802. The van der Waals surface area contributed by atoms with Crippen molar-refractivity contribution >= 4 is 5.69 Å². The first-order chi connectivity index (χ1) is 7.65. The van der Waals surface area contributed by atoms with Crippen LogP contribution >= 0.6 is 0 Å². The number of hydrogen-bond acceptors (Lipinski definition) is 3. The van der Waals surface area contributed by atoms with E-state index in [1.807, 2.05) is 32.0 Å². The molecule has 1 aromatic carbocycles. The molecule has 16 heavy (non-hydrogen) atoms. The summed E-state index contributed by atoms with van der Waals surface area (Å²) in [5, 5.41) is 0. The summed E-state index contributed by atoms with van der Waals surface area (Å²) >= 11 is 0. The molecule has 0 saturated carbocycles. The molecular formula is C13H16N2O. The topological polar surface area (TPSA) is 52.0 Å². The minimum absolute atomic E-state index is 0.803. The molecule has 0 fully saturated rings. The van der Waals surface area contributed by atoms with E-state index in [-0.39, 0.29) is 0 Å². The molecule has 3 nitrogen and oxygen atoms in total. The van der Waals surface area contributed by atoms with Crippen molar-refractivity contribution in [2.45, 2.75) is 26.7 Å². The highest BCUT2D eigenvalue weighted by atomic mass is 16.4. The molecule has 2 N–H and O–H groups in total. The maximum Gasteiger partial charge on any atom is 0.194 e. The molecule has 2 aromatic rings. The molecular weight excluding hydrogens is 200 g/mol. The zero-order valence-electron chi connectivity index (χ0n) is 9.66. The van der Waals surface area contributed by atoms with Crippen molar-refractivity contribution in [1.29, 1.82) is 0 Å². The van der Waals surface area contributed by atoms with Crippen LogP contribution in [0.2, 0.25) is 0 Å². The van der Waals surface area contributed by atoms with Gasteiger partial charge < -0.3 is 10.2 Å². The van der Waals surface area contributed by atoms with E-state index in [9.17, 15) is 0 Å². The lowest BCUT2D eigenvalue weighted by molar-refractivity contribution is 0.470. The Morgan fingerprint density at radius 1 is 1.25 bits per heavy atom. The van der Waals surface area contributed by atoms with Crippen LogP contribution in [0.1, 0.15) is 22.9 Å². The van der Waals surface area contributed by atoms with Gasteiger partial charge in [0.2, 0.25) is 0 Å². The first-order valence-corrected chi connectivity index (χ1v) is 5.42. The molecule has 0 aliphatic heterocycles. The molecule has 0 spiro atoms. The first-order valence-electron chi connectivity index (χ1n) is 5.42. The van der Waals surface area contributed by atoms with Gasteiger partial charge >= 0.3 is 0 Å². The van der Waals surface area contributed by atoms with Gasteiger partial charge in [-0.2, -0.15) is 0 Å². The highest BCUT2D eigenvalue weighted by molar-refractivity contribution is 5.40.